The van der Waals surface area contributed by atoms with Crippen molar-refractivity contribution in [3.8, 4) is 16.9 Å². The van der Waals surface area contributed by atoms with Crippen molar-refractivity contribution in [2.75, 3.05) is 0 Å². The number of hydrogen-bond acceptors (Lipinski definition) is 4. The first-order valence-electron chi connectivity index (χ1n) is 6.91. The first kappa shape index (κ1) is 14.5. The van der Waals surface area contributed by atoms with Crippen LogP contribution in [0.1, 0.15) is 15.9 Å². The Hall–Kier alpha value is -3.41. The molecule has 6 heteroatoms. The largest absolute Gasteiger partial charge is 0.478 e. The Bertz CT molecular complexity index is 852. The highest BCUT2D eigenvalue weighted by Crippen LogP contribution is 2.22. The van der Waals surface area contributed by atoms with E-state index >= 15 is 0 Å². The van der Waals surface area contributed by atoms with Gasteiger partial charge in [-0.2, -0.15) is 10.2 Å². The van der Waals surface area contributed by atoms with Gasteiger partial charge in [0.1, 0.15) is 5.69 Å². The van der Waals surface area contributed by atoms with Crippen molar-refractivity contribution in [1.29, 1.82) is 0 Å². The molecule has 1 aromatic heterocycles. The second kappa shape index (κ2) is 6.15. The van der Waals surface area contributed by atoms with Gasteiger partial charge in [0.05, 0.1) is 17.5 Å². The Morgan fingerprint density at radius 1 is 1.13 bits per heavy atom. The molecule has 0 spiro atoms. The SMILES string of the molecule is N/N=C/c1cn(-c2ccc(C(=O)O)cc2)nc1-c1ccccc1. The van der Waals surface area contributed by atoms with Gasteiger partial charge in [-0.15, -0.1) is 0 Å². The summed E-state index contributed by atoms with van der Waals surface area (Å²) in [5, 5.41) is 17.1. The van der Waals surface area contributed by atoms with Crippen molar-refractivity contribution >= 4 is 12.2 Å². The monoisotopic (exact) mass is 306 g/mol. The summed E-state index contributed by atoms with van der Waals surface area (Å²) in [5.74, 6) is 4.32. The van der Waals surface area contributed by atoms with Crippen LogP contribution in [0.5, 0.6) is 0 Å². The summed E-state index contributed by atoms with van der Waals surface area (Å²) in [5.41, 5.74) is 3.46. The van der Waals surface area contributed by atoms with Crippen LogP contribution in [0.25, 0.3) is 16.9 Å². The van der Waals surface area contributed by atoms with Gasteiger partial charge in [-0.25, -0.2) is 9.48 Å². The summed E-state index contributed by atoms with van der Waals surface area (Å²) >= 11 is 0. The summed E-state index contributed by atoms with van der Waals surface area (Å²) < 4.78 is 1.67. The van der Waals surface area contributed by atoms with Crippen molar-refractivity contribution in [3.63, 3.8) is 0 Å². The molecule has 0 bridgehead atoms. The normalized spacial score (nSPS) is 11.0. The maximum absolute atomic E-state index is 10.9. The molecule has 3 N–H and O–H groups in total. The van der Waals surface area contributed by atoms with E-state index in [1.165, 1.54) is 18.3 Å². The minimum Gasteiger partial charge on any atom is -0.478 e. The van der Waals surface area contributed by atoms with Gasteiger partial charge in [0.2, 0.25) is 0 Å². The maximum atomic E-state index is 10.9. The van der Waals surface area contributed by atoms with Crippen LogP contribution in [0.3, 0.4) is 0 Å². The molecule has 1 heterocycles. The number of hydrogen-bond donors (Lipinski definition) is 2. The molecule has 0 fully saturated rings. The zero-order valence-corrected chi connectivity index (χ0v) is 12.1. The van der Waals surface area contributed by atoms with E-state index in [0.29, 0.717) is 0 Å². The fourth-order valence-electron chi connectivity index (χ4n) is 2.27. The quantitative estimate of drug-likeness (QED) is 0.440. The lowest BCUT2D eigenvalue weighted by Crippen LogP contribution is -1.98. The number of nitrogens with zero attached hydrogens (tertiary/aromatic N) is 3. The number of carboxylic acid groups (broad SMARTS) is 1. The summed E-state index contributed by atoms with van der Waals surface area (Å²) in [4.78, 5) is 10.9. The number of nitrogens with two attached hydrogens (primary N) is 1. The molecule has 114 valence electrons. The van der Waals surface area contributed by atoms with Crippen LogP contribution in [0.4, 0.5) is 0 Å². The zero-order valence-electron chi connectivity index (χ0n) is 12.1. The number of aromatic nitrogens is 2. The second-order valence-corrected chi connectivity index (χ2v) is 4.87. The molecule has 0 aliphatic rings. The van der Waals surface area contributed by atoms with Crippen molar-refractivity contribution in [2.24, 2.45) is 10.9 Å². The van der Waals surface area contributed by atoms with Gasteiger partial charge in [-0.05, 0) is 24.3 Å². The molecule has 0 atom stereocenters. The molecule has 0 unspecified atom stereocenters. The van der Waals surface area contributed by atoms with Gasteiger partial charge in [0.15, 0.2) is 0 Å². The van der Waals surface area contributed by atoms with E-state index in [-0.39, 0.29) is 5.56 Å². The molecule has 2 aromatic carbocycles. The molecule has 0 aliphatic heterocycles. The highest BCUT2D eigenvalue weighted by Gasteiger charge is 2.11. The van der Waals surface area contributed by atoms with E-state index < -0.39 is 5.97 Å². The molecule has 0 saturated carbocycles. The molecule has 0 saturated heterocycles. The molecule has 3 rings (SSSR count). The molecule has 0 aliphatic carbocycles. The lowest BCUT2D eigenvalue weighted by atomic mass is 10.1. The smallest absolute Gasteiger partial charge is 0.335 e. The number of benzene rings is 2. The third kappa shape index (κ3) is 2.96. The topological polar surface area (TPSA) is 93.5 Å². The lowest BCUT2D eigenvalue weighted by molar-refractivity contribution is 0.0697. The Balaban J connectivity index is 2.05. The number of aromatic carboxylic acids is 1. The standard InChI is InChI=1S/C17H14N4O2/c18-19-10-14-11-21(15-8-6-13(7-9-15)17(22)23)20-16(14)12-4-2-1-3-5-12/h1-11H,18H2,(H,22,23)/b19-10+. The van der Waals surface area contributed by atoms with Crippen LogP contribution in [-0.4, -0.2) is 27.1 Å². The molecule has 23 heavy (non-hydrogen) atoms. The fraction of sp³-hybridized carbons (Fsp3) is 0. The van der Waals surface area contributed by atoms with E-state index in [0.717, 1.165) is 22.5 Å². The third-order valence-corrected chi connectivity index (χ3v) is 3.38. The van der Waals surface area contributed by atoms with Crippen molar-refractivity contribution in [3.05, 3.63) is 71.9 Å². The van der Waals surface area contributed by atoms with Crippen LogP contribution in [0.2, 0.25) is 0 Å². The average Bonchev–Trinajstić information content (AvgIpc) is 3.00. The van der Waals surface area contributed by atoms with E-state index in [9.17, 15) is 4.79 Å². The van der Waals surface area contributed by atoms with Gasteiger partial charge >= 0.3 is 5.97 Å². The summed E-state index contributed by atoms with van der Waals surface area (Å²) in [6.07, 6.45) is 3.34. The molecule has 6 nitrogen and oxygen atoms in total. The second-order valence-electron chi connectivity index (χ2n) is 4.87. The number of hydrazone groups is 1. The van der Waals surface area contributed by atoms with Gasteiger partial charge in [-0.1, -0.05) is 30.3 Å². The number of carboxylic acids is 1. The molecular formula is C17H14N4O2. The average molecular weight is 306 g/mol. The number of rotatable bonds is 4. The van der Waals surface area contributed by atoms with E-state index in [1.54, 1.807) is 23.0 Å². The minimum atomic E-state index is -0.960. The van der Waals surface area contributed by atoms with Crippen LogP contribution >= 0.6 is 0 Å². The predicted molar refractivity (Wildman–Crippen MR) is 87.7 cm³/mol. The first-order chi connectivity index (χ1) is 11.2. The van der Waals surface area contributed by atoms with Gasteiger partial charge in [-0.3, -0.25) is 0 Å². The van der Waals surface area contributed by atoms with Crippen molar-refractivity contribution < 1.29 is 9.90 Å². The van der Waals surface area contributed by atoms with Crippen molar-refractivity contribution in [2.45, 2.75) is 0 Å². The Kier molecular flexibility index (Phi) is 3.88. The number of carbonyl (C=O) groups is 1. The Labute approximate surface area is 132 Å². The highest BCUT2D eigenvalue weighted by atomic mass is 16.4. The van der Waals surface area contributed by atoms with Crippen LogP contribution in [-0.2, 0) is 0 Å². The van der Waals surface area contributed by atoms with Crippen LogP contribution in [0.15, 0.2) is 65.9 Å². The molecule has 0 radical (unpaired) electrons. The van der Waals surface area contributed by atoms with E-state index in [4.69, 9.17) is 10.9 Å². The summed E-state index contributed by atoms with van der Waals surface area (Å²) in [6.45, 7) is 0. The Morgan fingerprint density at radius 3 is 2.43 bits per heavy atom. The molecule has 0 amide bonds. The van der Waals surface area contributed by atoms with Gasteiger partial charge < -0.3 is 10.9 Å². The molecular weight excluding hydrogens is 292 g/mol. The highest BCUT2D eigenvalue weighted by molar-refractivity contribution is 5.89. The third-order valence-electron chi connectivity index (χ3n) is 3.38. The Morgan fingerprint density at radius 2 is 1.83 bits per heavy atom. The van der Waals surface area contributed by atoms with Gasteiger partial charge in [0.25, 0.3) is 0 Å². The van der Waals surface area contributed by atoms with Gasteiger partial charge in [0, 0.05) is 17.3 Å². The van der Waals surface area contributed by atoms with E-state index in [2.05, 4.69) is 10.2 Å². The summed E-state index contributed by atoms with van der Waals surface area (Å²) in [7, 11) is 0. The first-order valence-corrected chi connectivity index (χ1v) is 6.91. The lowest BCUT2D eigenvalue weighted by Gasteiger charge is -2.02. The fourth-order valence-corrected chi connectivity index (χ4v) is 2.27. The predicted octanol–water partition coefficient (Wildman–Crippen LogP) is 2.53. The summed E-state index contributed by atoms with van der Waals surface area (Å²) in [6, 6.07) is 16.2. The minimum absolute atomic E-state index is 0.230. The van der Waals surface area contributed by atoms with Crippen LogP contribution < -0.4 is 5.84 Å². The zero-order chi connectivity index (χ0) is 16.2. The van der Waals surface area contributed by atoms with Crippen LogP contribution in [0, 0.1) is 0 Å². The van der Waals surface area contributed by atoms with E-state index in [1.807, 2.05) is 30.3 Å². The van der Waals surface area contributed by atoms with Crippen molar-refractivity contribution in [1.82, 2.24) is 9.78 Å². The maximum Gasteiger partial charge on any atom is 0.335 e. The molecule has 3 aromatic rings.